The predicted molar refractivity (Wildman–Crippen MR) is 80.6 cm³/mol. The number of benzene rings is 1. The van der Waals surface area contributed by atoms with E-state index in [1.807, 2.05) is 30.3 Å². The highest BCUT2D eigenvalue weighted by molar-refractivity contribution is 5.98. The van der Waals surface area contributed by atoms with Gasteiger partial charge in [-0.25, -0.2) is 5.43 Å². The predicted octanol–water partition coefficient (Wildman–Crippen LogP) is 3.62. The van der Waals surface area contributed by atoms with Crippen molar-refractivity contribution in [1.29, 1.82) is 0 Å². The Kier molecular flexibility index (Phi) is 2.96. The van der Waals surface area contributed by atoms with Crippen LogP contribution >= 0.6 is 0 Å². The Hall–Kier alpha value is -1.64. The van der Waals surface area contributed by atoms with Crippen molar-refractivity contribution < 1.29 is 4.79 Å². The number of nitrogens with one attached hydrogen (secondary N) is 1. The number of carbonyl (C=O) groups excluding carboxylic acids is 1. The first-order chi connectivity index (χ1) is 9.45. The molecule has 1 N–H and O–H groups in total. The van der Waals surface area contributed by atoms with Crippen molar-refractivity contribution in [2.24, 2.45) is 21.8 Å². The molecular weight excluding hydrogens is 248 g/mol. The van der Waals surface area contributed by atoms with E-state index in [0.717, 1.165) is 6.42 Å². The number of fused-ring (bicyclic) bond motifs is 2. The highest BCUT2D eigenvalue weighted by atomic mass is 16.2. The fourth-order valence-electron chi connectivity index (χ4n) is 3.87. The molecule has 2 fully saturated rings. The molecule has 0 aliphatic heterocycles. The van der Waals surface area contributed by atoms with Crippen LogP contribution in [0.2, 0.25) is 0 Å². The van der Waals surface area contributed by atoms with Gasteiger partial charge >= 0.3 is 0 Å². The summed E-state index contributed by atoms with van der Waals surface area (Å²) >= 11 is 0. The van der Waals surface area contributed by atoms with Crippen molar-refractivity contribution in [3.05, 3.63) is 35.9 Å². The largest absolute Gasteiger partial charge is 0.271 e. The Balaban J connectivity index is 1.77. The van der Waals surface area contributed by atoms with E-state index in [1.165, 1.54) is 18.6 Å². The molecule has 2 atom stereocenters. The summed E-state index contributed by atoms with van der Waals surface area (Å²) in [6.07, 6.45) is 3.50. The molecule has 0 heterocycles. The van der Waals surface area contributed by atoms with Gasteiger partial charge in [0.1, 0.15) is 0 Å². The third-order valence-electron chi connectivity index (χ3n) is 5.84. The topological polar surface area (TPSA) is 41.5 Å². The molecule has 106 valence electrons. The molecule has 0 aromatic heterocycles. The Morgan fingerprint density at radius 3 is 2.50 bits per heavy atom. The summed E-state index contributed by atoms with van der Waals surface area (Å²) in [5.41, 5.74) is 5.00. The number of amides is 1. The minimum atomic E-state index is -0.123. The maximum atomic E-state index is 12.1. The first kappa shape index (κ1) is 13.3. The molecule has 0 spiro atoms. The second-order valence-electron chi connectivity index (χ2n) is 6.86. The molecule has 1 aromatic rings. The van der Waals surface area contributed by atoms with Crippen LogP contribution < -0.4 is 5.43 Å². The lowest BCUT2D eigenvalue weighted by molar-refractivity contribution is 0.0954. The van der Waals surface area contributed by atoms with Gasteiger partial charge in [0.2, 0.25) is 0 Å². The van der Waals surface area contributed by atoms with Gasteiger partial charge < -0.3 is 0 Å². The van der Waals surface area contributed by atoms with Crippen molar-refractivity contribution in [1.82, 2.24) is 5.43 Å². The summed E-state index contributed by atoms with van der Waals surface area (Å²) in [5, 5.41) is 4.47. The van der Waals surface area contributed by atoms with Gasteiger partial charge in [-0.1, -0.05) is 39.0 Å². The van der Waals surface area contributed by atoms with Crippen LogP contribution in [0, 0.1) is 16.7 Å². The normalized spacial score (nSPS) is 32.5. The Morgan fingerprint density at radius 2 is 1.95 bits per heavy atom. The Labute approximate surface area is 120 Å². The molecule has 2 aliphatic rings. The number of hydrogen-bond donors (Lipinski definition) is 1. The van der Waals surface area contributed by atoms with E-state index in [-0.39, 0.29) is 11.3 Å². The van der Waals surface area contributed by atoms with Crippen LogP contribution in [0.4, 0.5) is 0 Å². The molecule has 3 nitrogen and oxygen atoms in total. The van der Waals surface area contributed by atoms with Crippen molar-refractivity contribution >= 4 is 11.6 Å². The lowest BCUT2D eigenvalue weighted by atomic mass is 9.70. The van der Waals surface area contributed by atoms with Gasteiger partial charge in [0.05, 0.1) is 0 Å². The number of hydrogen-bond acceptors (Lipinski definition) is 2. The van der Waals surface area contributed by atoms with Crippen LogP contribution in [0.5, 0.6) is 0 Å². The molecule has 1 aromatic carbocycles. The highest BCUT2D eigenvalue weighted by Gasteiger charge is 2.59. The Bertz CT molecular complexity index is 562. The van der Waals surface area contributed by atoms with Crippen LogP contribution in [0.3, 0.4) is 0 Å². The standard InChI is InChI=1S/C17H22N2O/c1-16(2)13-9-10-17(16,3)14(11-13)18-19-15(20)12-7-5-4-6-8-12/h4-8,13H,9-11H2,1-3H3,(H,19,20)/b18-14+/t13-,17-/m1/s1. The van der Waals surface area contributed by atoms with E-state index in [0.29, 0.717) is 16.9 Å². The zero-order valence-corrected chi connectivity index (χ0v) is 12.4. The quantitative estimate of drug-likeness (QED) is 0.819. The fourth-order valence-corrected chi connectivity index (χ4v) is 3.87. The van der Waals surface area contributed by atoms with Crippen LogP contribution in [-0.2, 0) is 0 Å². The van der Waals surface area contributed by atoms with Crippen molar-refractivity contribution in [2.45, 2.75) is 40.0 Å². The summed E-state index contributed by atoms with van der Waals surface area (Å²) in [6, 6.07) is 9.25. The number of nitrogens with zero attached hydrogens (tertiary/aromatic N) is 1. The smallest absolute Gasteiger partial charge is 0.267 e. The Morgan fingerprint density at radius 1 is 1.25 bits per heavy atom. The monoisotopic (exact) mass is 270 g/mol. The molecule has 2 bridgehead atoms. The molecule has 3 heteroatoms. The minimum Gasteiger partial charge on any atom is -0.267 e. The van der Waals surface area contributed by atoms with Gasteiger partial charge in [-0.15, -0.1) is 0 Å². The van der Waals surface area contributed by atoms with Crippen LogP contribution in [0.15, 0.2) is 35.4 Å². The van der Waals surface area contributed by atoms with Crippen molar-refractivity contribution in [2.75, 3.05) is 0 Å². The molecule has 3 rings (SSSR count). The van der Waals surface area contributed by atoms with Gasteiger partial charge in [-0.3, -0.25) is 4.79 Å². The molecule has 0 radical (unpaired) electrons. The van der Waals surface area contributed by atoms with E-state index < -0.39 is 0 Å². The third kappa shape index (κ3) is 1.80. The zero-order valence-electron chi connectivity index (χ0n) is 12.4. The molecule has 20 heavy (non-hydrogen) atoms. The summed E-state index contributed by atoms with van der Waals surface area (Å²) in [4.78, 5) is 12.1. The molecule has 2 saturated carbocycles. The zero-order chi connectivity index (χ0) is 14.4. The van der Waals surface area contributed by atoms with Crippen molar-refractivity contribution in [3.8, 4) is 0 Å². The number of rotatable bonds is 2. The van der Waals surface area contributed by atoms with Gasteiger partial charge in [-0.2, -0.15) is 5.10 Å². The molecule has 2 aliphatic carbocycles. The molecular formula is C17H22N2O. The average Bonchev–Trinajstić information content (AvgIpc) is 2.78. The maximum Gasteiger partial charge on any atom is 0.271 e. The number of carbonyl (C=O) groups is 1. The summed E-state index contributed by atoms with van der Waals surface area (Å²) in [6.45, 7) is 6.98. The van der Waals surface area contributed by atoms with Gasteiger partial charge in [-0.05, 0) is 42.7 Å². The second kappa shape index (κ2) is 4.44. The fraction of sp³-hybridized carbons (Fsp3) is 0.529. The third-order valence-corrected chi connectivity index (χ3v) is 5.84. The molecule has 0 unspecified atom stereocenters. The minimum absolute atomic E-state index is 0.123. The highest BCUT2D eigenvalue weighted by Crippen LogP contribution is 2.63. The summed E-state index contributed by atoms with van der Waals surface area (Å²) < 4.78 is 0. The maximum absolute atomic E-state index is 12.1. The lowest BCUT2D eigenvalue weighted by Gasteiger charge is -2.34. The van der Waals surface area contributed by atoms with Gasteiger partial charge in [0.15, 0.2) is 0 Å². The first-order valence-electron chi connectivity index (χ1n) is 7.37. The summed E-state index contributed by atoms with van der Waals surface area (Å²) in [7, 11) is 0. The lowest BCUT2D eigenvalue weighted by Crippen LogP contribution is -2.34. The van der Waals surface area contributed by atoms with Gasteiger partial charge in [0.25, 0.3) is 5.91 Å². The van der Waals surface area contributed by atoms with E-state index in [4.69, 9.17) is 0 Å². The van der Waals surface area contributed by atoms with Gasteiger partial charge in [0, 0.05) is 16.7 Å². The summed E-state index contributed by atoms with van der Waals surface area (Å²) in [5.74, 6) is 0.585. The van der Waals surface area contributed by atoms with Crippen LogP contribution in [0.25, 0.3) is 0 Å². The van der Waals surface area contributed by atoms with Crippen LogP contribution in [-0.4, -0.2) is 11.6 Å². The second-order valence-corrected chi connectivity index (χ2v) is 6.86. The van der Waals surface area contributed by atoms with E-state index in [1.54, 1.807) is 0 Å². The first-order valence-corrected chi connectivity index (χ1v) is 7.37. The average molecular weight is 270 g/mol. The molecule has 0 saturated heterocycles. The van der Waals surface area contributed by atoms with Crippen molar-refractivity contribution in [3.63, 3.8) is 0 Å². The van der Waals surface area contributed by atoms with E-state index in [2.05, 4.69) is 31.3 Å². The van der Waals surface area contributed by atoms with E-state index >= 15 is 0 Å². The number of hydrazone groups is 1. The molecule has 1 amide bonds. The SMILES string of the molecule is CC1(C)[C@@H]2CC[C@]1(C)/C(=N/NC(=O)c1ccccc1)C2. The van der Waals surface area contributed by atoms with E-state index in [9.17, 15) is 4.79 Å². The van der Waals surface area contributed by atoms with Crippen LogP contribution in [0.1, 0.15) is 50.4 Å².